The van der Waals surface area contributed by atoms with Crippen LogP contribution in [0.15, 0.2) is 255 Å². The van der Waals surface area contributed by atoms with Gasteiger partial charge in [-0.3, -0.25) is 0 Å². The molecule has 89 heavy (non-hydrogen) atoms. The van der Waals surface area contributed by atoms with E-state index in [1.807, 2.05) is 0 Å². The van der Waals surface area contributed by atoms with Crippen LogP contribution in [0.25, 0.3) is 54.2 Å². The van der Waals surface area contributed by atoms with E-state index < -0.39 is 0 Å². The second kappa shape index (κ2) is 22.0. The van der Waals surface area contributed by atoms with Crippen LogP contribution in [0.1, 0.15) is 105 Å². The summed E-state index contributed by atoms with van der Waals surface area (Å²) in [6.07, 6.45) is 0. The topological polar surface area (TPSA) is 9.72 Å². The quantitative estimate of drug-likeness (QED) is 0.133. The van der Waals surface area contributed by atoms with Crippen LogP contribution in [-0.4, -0.2) is 21.2 Å². The third-order valence-corrected chi connectivity index (χ3v) is 21.1. The van der Waals surface area contributed by atoms with E-state index in [2.05, 4.69) is 353 Å². The number of hydrogen-bond acceptors (Lipinski definition) is 3. The molecule has 1 aromatic heterocycles. The van der Waals surface area contributed by atoms with Crippen molar-refractivity contribution in [3.8, 4) is 44.5 Å². The van der Waals surface area contributed by atoms with Gasteiger partial charge in [0.25, 0.3) is 0 Å². The Bertz CT molecular complexity index is 4630. The van der Waals surface area contributed by atoms with Gasteiger partial charge in [0, 0.05) is 0 Å². The average Bonchev–Trinajstić information content (AvgIpc) is 1.68. The van der Waals surface area contributed by atoms with Crippen LogP contribution in [0.3, 0.4) is 0 Å². The second-order valence-corrected chi connectivity index (χ2v) is 30.9. The van der Waals surface area contributed by atoms with Crippen LogP contribution in [0.4, 0.5) is 51.2 Å². The van der Waals surface area contributed by atoms with Gasteiger partial charge in [-0.25, -0.2) is 0 Å². The van der Waals surface area contributed by atoms with Gasteiger partial charge in [-0.2, -0.15) is 0 Å². The van der Waals surface area contributed by atoms with Gasteiger partial charge >= 0.3 is 511 Å². The molecule has 14 rings (SSSR count). The van der Waals surface area contributed by atoms with Crippen LogP contribution in [-0.2, 0) is 21.7 Å². The van der Waals surface area contributed by atoms with E-state index in [9.17, 15) is 0 Å². The first-order valence-corrected chi connectivity index (χ1v) is 33.4. The van der Waals surface area contributed by atoms with Gasteiger partial charge < -0.3 is 0 Å². The van der Waals surface area contributed by atoms with Crippen molar-refractivity contribution >= 4 is 97.3 Å². The molecule has 0 amide bonds. The van der Waals surface area contributed by atoms with Crippen LogP contribution in [0, 0.1) is 0 Å². The molecule has 2 aliphatic rings. The Hall–Kier alpha value is -8.86. The molecule has 0 bridgehead atoms. The first kappa shape index (κ1) is 57.9. The molecule has 0 saturated heterocycles. The number of fused-ring (bicyclic) bond motifs is 6. The number of hydrogen-bond donors (Lipinski definition) is 0. The molecule has 0 saturated carbocycles. The summed E-state index contributed by atoms with van der Waals surface area (Å²) in [6.45, 7) is 27.9. The molecule has 0 N–H and O–H groups in total. The number of rotatable bonds is 9. The first-order chi connectivity index (χ1) is 42.7. The minimum atomic E-state index is -0.105. The SMILES string of the molecule is CC(C)(C)c1ccc(N(c2ccc3c(c2)N(c2ccc(C(C)(C)C)cc2)c2cc(-c4cc(C(C)(C)C)ccc4-c4ccccc4)cc4c2B3c2[se]c3ccc(C(C)(C)C)cc3c2N4c2ccccc2-c2ccccc2)c2ccccc2-c2ccccc2)cc1. The summed E-state index contributed by atoms with van der Waals surface area (Å²) in [5.41, 5.74) is 27.7. The Morgan fingerprint density at radius 1 is 0.337 bits per heavy atom. The Kier molecular flexibility index (Phi) is 14.3. The van der Waals surface area contributed by atoms with Gasteiger partial charge in [-0.1, -0.05) is 26.8 Å². The summed E-state index contributed by atoms with van der Waals surface area (Å²) in [4.78, 5) is 7.87. The summed E-state index contributed by atoms with van der Waals surface area (Å²) in [5.74, 6) is 0. The molecule has 3 heterocycles. The Balaban J connectivity index is 1.13. The van der Waals surface area contributed by atoms with Gasteiger partial charge in [-0.15, -0.1) is 0 Å². The zero-order chi connectivity index (χ0) is 61.7. The number of nitrogens with zero attached hydrogens (tertiary/aromatic N) is 3. The number of benzene rings is 11. The van der Waals surface area contributed by atoms with Gasteiger partial charge in [-0.05, 0) is 0 Å². The standard InChI is InChI=1S/C84H78BN3Se/c1-81(2,3)59-36-42-63(43-37-59)86(72-34-24-22-32-67(72)56-28-18-14-19-29-56)65-46-48-71-74(54-65)87(64-44-38-60(39-45-64)82(4,5)6)75-50-58(69-52-61(83(7,8)9)40-47-66(69)55-26-16-13-17-27-55)51-76-78(75)85(71)80-79(70-53-62(84(10,11)12)41-49-77(70)89-80)88(76)73-35-25-23-33-68(73)57-30-20-15-21-31-57/h13-54H,1-12H3. The van der Waals surface area contributed by atoms with Gasteiger partial charge in [0.05, 0.1) is 0 Å². The van der Waals surface area contributed by atoms with Crippen molar-refractivity contribution in [2.45, 2.75) is 105 Å². The predicted molar refractivity (Wildman–Crippen MR) is 386 cm³/mol. The summed E-state index contributed by atoms with van der Waals surface area (Å²) in [6, 6.07) is 97.2. The third-order valence-electron chi connectivity index (χ3n) is 18.5. The zero-order valence-electron chi connectivity index (χ0n) is 53.6. The summed E-state index contributed by atoms with van der Waals surface area (Å²) >= 11 is -0.0250. The fraction of sp³-hybridized carbons (Fsp3) is 0.190. The summed E-state index contributed by atoms with van der Waals surface area (Å²) in [7, 11) is 0. The van der Waals surface area contributed by atoms with Crippen LogP contribution in [0.2, 0.25) is 0 Å². The predicted octanol–water partition coefficient (Wildman–Crippen LogP) is 21.3. The molecule has 438 valence electrons. The Morgan fingerprint density at radius 3 is 1.43 bits per heavy atom. The van der Waals surface area contributed by atoms with Crippen LogP contribution >= 0.6 is 0 Å². The molecule has 5 heteroatoms. The molecule has 2 aliphatic heterocycles. The maximum atomic E-state index is 2.72. The zero-order valence-corrected chi connectivity index (χ0v) is 55.3. The molecule has 0 spiro atoms. The van der Waals surface area contributed by atoms with E-state index in [0.717, 1.165) is 22.7 Å². The fourth-order valence-electron chi connectivity index (χ4n) is 13.6. The van der Waals surface area contributed by atoms with E-state index in [4.69, 9.17) is 0 Å². The molecule has 3 nitrogen and oxygen atoms in total. The maximum absolute atomic E-state index is 2.72. The van der Waals surface area contributed by atoms with Crippen LogP contribution in [0.5, 0.6) is 0 Å². The van der Waals surface area contributed by atoms with E-state index in [1.165, 1.54) is 120 Å². The van der Waals surface area contributed by atoms with E-state index in [-0.39, 0.29) is 42.9 Å². The van der Waals surface area contributed by atoms with Crippen molar-refractivity contribution < 1.29 is 0 Å². The Morgan fingerprint density at radius 2 is 0.820 bits per heavy atom. The van der Waals surface area contributed by atoms with Gasteiger partial charge in [0.1, 0.15) is 0 Å². The van der Waals surface area contributed by atoms with Crippen molar-refractivity contribution in [3.05, 3.63) is 277 Å². The first-order valence-electron chi connectivity index (χ1n) is 31.7. The van der Waals surface area contributed by atoms with Gasteiger partial charge in [0.15, 0.2) is 0 Å². The van der Waals surface area contributed by atoms with Crippen molar-refractivity contribution in [2.75, 3.05) is 14.7 Å². The van der Waals surface area contributed by atoms with Crippen molar-refractivity contribution in [3.63, 3.8) is 0 Å². The normalized spacial score (nSPS) is 13.1. The molecule has 0 radical (unpaired) electrons. The molecule has 0 fully saturated rings. The second-order valence-electron chi connectivity index (χ2n) is 28.6. The molecule has 11 aromatic carbocycles. The number of anilines is 9. The summed E-state index contributed by atoms with van der Waals surface area (Å²) < 4.78 is 2.92. The van der Waals surface area contributed by atoms with E-state index >= 15 is 0 Å². The molecular weight excluding hydrogens is 1140 g/mol. The third kappa shape index (κ3) is 10.5. The van der Waals surface area contributed by atoms with Crippen molar-refractivity contribution in [1.82, 2.24) is 0 Å². The van der Waals surface area contributed by atoms with Gasteiger partial charge in [0.2, 0.25) is 0 Å². The van der Waals surface area contributed by atoms with E-state index in [0.29, 0.717) is 0 Å². The molecule has 12 aromatic rings. The average molecular weight is 1220 g/mol. The van der Waals surface area contributed by atoms with Crippen LogP contribution < -0.4 is 30.0 Å². The summed E-state index contributed by atoms with van der Waals surface area (Å²) in [5, 5.41) is 1.34. The minimum absolute atomic E-state index is 0.0103. The molecule has 0 atom stereocenters. The van der Waals surface area contributed by atoms with E-state index in [1.54, 1.807) is 0 Å². The monoisotopic (exact) mass is 1220 g/mol. The fourth-order valence-corrected chi connectivity index (χ4v) is 16.3. The Labute approximate surface area is 534 Å². The molecule has 0 unspecified atom stereocenters. The van der Waals surface area contributed by atoms with Crippen molar-refractivity contribution in [1.29, 1.82) is 0 Å². The number of para-hydroxylation sites is 2. The van der Waals surface area contributed by atoms with Crippen molar-refractivity contribution in [2.24, 2.45) is 0 Å². The molecular formula is C84H78BN3Se. The molecule has 0 aliphatic carbocycles.